The number of carbonyl (C=O) groups is 2. The lowest BCUT2D eigenvalue weighted by molar-refractivity contribution is -0.141. The molecular weight excluding hydrogens is 422 g/mol. The topological polar surface area (TPSA) is 66.4 Å². The zero-order chi connectivity index (χ0) is 24.4. The maximum atomic E-state index is 12.3. The first-order chi connectivity index (χ1) is 16.6. The van der Waals surface area contributed by atoms with E-state index in [2.05, 4.69) is 12.2 Å². The maximum absolute atomic E-state index is 12.3. The molecule has 1 atom stereocenters. The van der Waals surface area contributed by atoms with Gasteiger partial charge in [-0.2, -0.15) is 0 Å². The number of carboxylic acids is 1. The van der Waals surface area contributed by atoms with Gasteiger partial charge in [0.25, 0.3) is 0 Å². The van der Waals surface area contributed by atoms with Crippen LogP contribution in [0.1, 0.15) is 109 Å². The minimum Gasteiger partial charge on any atom is -0.480 e. The van der Waals surface area contributed by atoms with Gasteiger partial charge in [-0.1, -0.05) is 133 Å². The first-order valence-corrected chi connectivity index (χ1v) is 13.6. The molecule has 0 saturated carbocycles. The number of nitrogens with one attached hydrogen (secondary N) is 1. The molecule has 2 aromatic carbocycles. The van der Waals surface area contributed by atoms with Crippen molar-refractivity contribution in [1.82, 2.24) is 5.32 Å². The Balaban J connectivity index is 1.53. The number of amides is 1. The lowest BCUT2D eigenvalue weighted by Gasteiger charge is -2.15. The van der Waals surface area contributed by atoms with Crippen LogP contribution in [0.15, 0.2) is 42.5 Å². The Morgan fingerprint density at radius 2 is 1.26 bits per heavy atom. The van der Waals surface area contributed by atoms with E-state index in [9.17, 15) is 14.7 Å². The predicted molar refractivity (Wildman–Crippen MR) is 142 cm³/mol. The molecule has 0 aliphatic rings. The highest BCUT2D eigenvalue weighted by Gasteiger charge is 2.20. The zero-order valence-corrected chi connectivity index (χ0v) is 21.2. The van der Waals surface area contributed by atoms with Gasteiger partial charge >= 0.3 is 5.97 Å². The van der Waals surface area contributed by atoms with Crippen LogP contribution in [0.4, 0.5) is 0 Å². The Hall–Kier alpha value is -2.36. The van der Waals surface area contributed by atoms with Crippen molar-refractivity contribution in [2.45, 2.75) is 116 Å². The standard InChI is InChI=1S/C30H45NO3/c1-2-3-4-5-6-7-8-9-10-11-12-13-14-15-20-29(32)31-28(30(33)34)24-25-21-22-26-18-16-17-19-27(26)23-25/h16-19,21-23,28H,2-15,20,24H2,1H3,(H,31,32)(H,33,34). The van der Waals surface area contributed by atoms with Gasteiger partial charge < -0.3 is 10.4 Å². The van der Waals surface area contributed by atoms with Gasteiger partial charge in [0.15, 0.2) is 0 Å². The third kappa shape index (κ3) is 11.7. The van der Waals surface area contributed by atoms with E-state index >= 15 is 0 Å². The highest BCUT2D eigenvalue weighted by molar-refractivity contribution is 5.85. The molecule has 0 radical (unpaired) electrons. The Kier molecular flexibility index (Phi) is 14.0. The minimum absolute atomic E-state index is 0.160. The number of hydrogen-bond donors (Lipinski definition) is 2. The lowest BCUT2D eigenvalue weighted by atomic mass is 10.0. The van der Waals surface area contributed by atoms with Crippen molar-refractivity contribution in [3.63, 3.8) is 0 Å². The van der Waals surface area contributed by atoms with Crippen LogP contribution in [-0.2, 0) is 16.0 Å². The van der Waals surface area contributed by atoms with Crippen molar-refractivity contribution < 1.29 is 14.7 Å². The molecule has 0 fully saturated rings. The summed E-state index contributed by atoms with van der Waals surface area (Å²) in [6.45, 7) is 2.26. The van der Waals surface area contributed by atoms with Gasteiger partial charge in [-0.3, -0.25) is 4.79 Å². The number of hydrogen-bond acceptors (Lipinski definition) is 2. The van der Waals surface area contributed by atoms with Gasteiger partial charge in [0.2, 0.25) is 5.91 Å². The quantitative estimate of drug-likeness (QED) is 0.207. The number of fused-ring (bicyclic) bond motifs is 1. The maximum Gasteiger partial charge on any atom is 0.326 e. The van der Waals surface area contributed by atoms with Crippen LogP contribution in [0, 0.1) is 0 Å². The number of aliphatic carboxylic acids is 1. The summed E-state index contributed by atoms with van der Waals surface area (Å²) >= 11 is 0. The molecule has 0 heterocycles. The molecule has 34 heavy (non-hydrogen) atoms. The van der Waals surface area contributed by atoms with Gasteiger partial charge in [-0.05, 0) is 22.8 Å². The van der Waals surface area contributed by atoms with Crippen LogP contribution >= 0.6 is 0 Å². The summed E-state index contributed by atoms with van der Waals surface area (Å²) in [6, 6.07) is 13.1. The number of benzene rings is 2. The number of unbranched alkanes of at least 4 members (excludes halogenated alkanes) is 13. The molecule has 0 aliphatic heterocycles. The average molecular weight is 468 g/mol. The van der Waals surface area contributed by atoms with Crippen LogP contribution < -0.4 is 5.32 Å². The van der Waals surface area contributed by atoms with Crippen molar-refractivity contribution in [2.24, 2.45) is 0 Å². The monoisotopic (exact) mass is 467 g/mol. The fourth-order valence-corrected chi connectivity index (χ4v) is 4.55. The Morgan fingerprint density at radius 3 is 1.82 bits per heavy atom. The van der Waals surface area contributed by atoms with E-state index in [1.54, 1.807) is 0 Å². The molecule has 0 aliphatic carbocycles. The van der Waals surface area contributed by atoms with Crippen molar-refractivity contribution in [1.29, 1.82) is 0 Å². The van der Waals surface area contributed by atoms with Gasteiger partial charge in [0.05, 0.1) is 0 Å². The summed E-state index contributed by atoms with van der Waals surface area (Å²) in [6.07, 6.45) is 18.6. The molecule has 1 unspecified atom stereocenters. The molecule has 0 spiro atoms. The molecular formula is C30H45NO3. The van der Waals surface area contributed by atoms with Crippen molar-refractivity contribution in [3.8, 4) is 0 Å². The first kappa shape index (κ1) is 27.9. The Morgan fingerprint density at radius 1 is 0.735 bits per heavy atom. The fraction of sp³-hybridized carbons (Fsp3) is 0.600. The SMILES string of the molecule is CCCCCCCCCCCCCCCCC(=O)NC(Cc1ccc2ccccc2c1)C(=O)O. The van der Waals surface area contributed by atoms with Crippen LogP contribution in [0.2, 0.25) is 0 Å². The second-order valence-electron chi connectivity index (χ2n) is 9.69. The van der Waals surface area contributed by atoms with Gasteiger partial charge in [-0.25, -0.2) is 4.79 Å². The van der Waals surface area contributed by atoms with Crippen molar-refractivity contribution >= 4 is 22.6 Å². The summed E-state index contributed by atoms with van der Waals surface area (Å²) in [5.74, 6) is -1.14. The van der Waals surface area contributed by atoms with Crippen LogP contribution in [0.25, 0.3) is 10.8 Å². The number of carbonyl (C=O) groups excluding carboxylic acids is 1. The van der Waals surface area contributed by atoms with E-state index in [0.29, 0.717) is 12.8 Å². The van der Waals surface area contributed by atoms with E-state index in [4.69, 9.17) is 0 Å². The third-order valence-electron chi connectivity index (χ3n) is 6.64. The van der Waals surface area contributed by atoms with E-state index in [1.807, 2.05) is 42.5 Å². The Labute approximate surface area is 206 Å². The summed E-state index contributed by atoms with van der Waals surface area (Å²) in [5.41, 5.74) is 0.919. The summed E-state index contributed by atoms with van der Waals surface area (Å²) in [4.78, 5) is 24.0. The van der Waals surface area contributed by atoms with E-state index < -0.39 is 12.0 Å². The molecule has 2 N–H and O–H groups in total. The summed E-state index contributed by atoms with van der Waals surface area (Å²) in [5, 5.41) is 14.5. The summed E-state index contributed by atoms with van der Waals surface area (Å²) in [7, 11) is 0. The average Bonchev–Trinajstić information content (AvgIpc) is 2.83. The van der Waals surface area contributed by atoms with Gasteiger partial charge in [0, 0.05) is 12.8 Å². The fourth-order valence-electron chi connectivity index (χ4n) is 4.55. The third-order valence-corrected chi connectivity index (χ3v) is 6.64. The van der Waals surface area contributed by atoms with Crippen molar-refractivity contribution in [2.75, 3.05) is 0 Å². The normalized spacial score (nSPS) is 12.0. The number of carboxylic acid groups (broad SMARTS) is 1. The molecule has 0 saturated heterocycles. The van der Waals surface area contributed by atoms with E-state index in [1.165, 1.54) is 70.6 Å². The van der Waals surface area contributed by atoms with Gasteiger partial charge in [-0.15, -0.1) is 0 Å². The number of rotatable bonds is 19. The largest absolute Gasteiger partial charge is 0.480 e. The van der Waals surface area contributed by atoms with Crippen LogP contribution in [0.5, 0.6) is 0 Å². The zero-order valence-electron chi connectivity index (χ0n) is 21.2. The summed E-state index contributed by atoms with van der Waals surface area (Å²) < 4.78 is 0. The molecule has 4 nitrogen and oxygen atoms in total. The first-order valence-electron chi connectivity index (χ1n) is 13.6. The molecule has 4 heteroatoms. The highest BCUT2D eigenvalue weighted by Crippen LogP contribution is 2.17. The smallest absolute Gasteiger partial charge is 0.326 e. The second kappa shape index (κ2) is 17.1. The van der Waals surface area contributed by atoms with Crippen molar-refractivity contribution in [3.05, 3.63) is 48.0 Å². The molecule has 0 bridgehead atoms. The van der Waals surface area contributed by atoms with Crippen LogP contribution in [-0.4, -0.2) is 23.0 Å². The molecule has 2 aromatic rings. The van der Waals surface area contributed by atoms with Gasteiger partial charge in [0.1, 0.15) is 6.04 Å². The molecule has 1 amide bonds. The van der Waals surface area contributed by atoms with E-state index in [0.717, 1.165) is 35.6 Å². The molecule has 0 aromatic heterocycles. The molecule has 188 valence electrons. The Bertz CT molecular complexity index is 848. The van der Waals surface area contributed by atoms with E-state index in [-0.39, 0.29) is 5.91 Å². The predicted octanol–water partition coefficient (Wildman–Crippen LogP) is 7.82. The minimum atomic E-state index is -0.984. The van der Waals surface area contributed by atoms with Crippen LogP contribution in [0.3, 0.4) is 0 Å². The lowest BCUT2D eigenvalue weighted by Crippen LogP contribution is -2.42. The molecule has 2 rings (SSSR count). The highest BCUT2D eigenvalue weighted by atomic mass is 16.4. The second-order valence-corrected chi connectivity index (χ2v) is 9.69.